The van der Waals surface area contributed by atoms with Crippen LogP contribution in [0.3, 0.4) is 0 Å². The van der Waals surface area contributed by atoms with E-state index in [1.165, 1.54) is 11.3 Å². The van der Waals surface area contributed by atoms with Crippen LogP contribution >= 0.6 is 11.3 Å². The Balaban J connectivity index is 1.75. The van der Waals surface area contributed by atoms with Crippen LogP contribution in [0.2, 0.25) is 0 Å². The number of carbonyl (C=O) groups excluding carboxylic acids is 3. The molecule has 0 saturated heterocycles. The lowest BCUT2D eigenvalue weighted by atomic mass is 10.0. The molecule has 0 radical (unpaired) electrons. The van der Waals surface area contributed by atoms with Gasteiger partial charge in [-0.3, -0.25) is 9.59 Å². The number of nitrogens with zero attached hydrogens (tertiary/aromatic N) is 1. The second kappa shape index (κ2) is 10.7. The van der Waals surface area contributed by atoms with E-state index in [1.807, 2.05) is 49.4 Å². The minimum atomic E-state index is -0.528. The van der Waals surface area contributed by atoms with Crippen LogP contribution in [0.4, 0.5) is 15.6 Å². The van der Waals surface area contributed by atoms with Gasteiger partial charge in [-0.25, -0.2) is 9.78 Å². The maximum atomic E-state index is 12.7. The number of fused-ring (bicyclic) bond motifs is 1. The summed E-state index contributed by atoms with van der Waals surface area (Å²) in [5, 5.41) is 8.98. The molecule has 0 saturated carbocycles. The molecule has 0 aliphatic rings. The van der Waals surface area contributed by atoms with Crippen molar-refractivity contribution in [3.63, 3.8) is 0 Å². The van der Waals surface area contributed by atoms with Crippen molar-refractivity contribution in [1.82, 2.24) is 10.3 Å². The Morgan fingerprint density at radius 3 is 2.53 bits per heavy atom. The van der Waals surface area contributed by atoms with Crippen molar-refractivity contribution in [2.24, 2.45) is 0 Å². The Bertz CT molecular complexity index is 1110. The zero-order valence-electron chi connectivity index (χ0n) is 18.2. The van der Waals surface area contributed by atoms with Gasteiger partial charge in [0.05, 0.1) is 29.3 Å². The van der Waals surface area contributed by atoms with Crippen molar-refractivity contribution in [2.75, 3.05) is 17.2 Å². The van der Waals surface area contributed by atoms with Gasteiger partial charge in [0.2, 0.25) is 5.91 Å². The van der Waals surface area contributed by atoms with Crippen LogP contribution in [0.15, 0.2) is 42.5 Å². The Kier molecular flexibility index (Phi) is 7.77. The van der Waals surface area contributed by atoms with Gasteiger partial charge in [0.1, 0.15) is 0 Å². The lowest BCUT2D eigenvalue weighted by Crippen LogP contribution is -2.34. The summed E-state index contributed by atoms with van der Waals surface area (Å²) in [6.07, 6.45) is 0.398. The van der Waals surface area contributed by atoms with Gasteiger partial charge < -0.3 is 20.7 Å². The van der Waals surface area contributed by atoms with Gasteiger partial charge in [-0.05, 0) is 37.1 Å². The summed E-state index contributed by atoms with van der Waals surface area (Å²) in [5.41, 5.74) is 3.04. The molecule has 9 heteroatoms. The van der Waals surface area contributed by atoms with Crippen LogP contribution in [0.25, 0.3) is 10.2 Å². The van der Waals surface area contributed by atoms with E-state index in [1.54, 1.807) is 13.8 Å². The number of urea groups is 1. The highest BCUT2D eigenvalue weighted by molar-refractivity contribution is 7.22. The summed E-state index contributed by atoms with van der Waals surface area (Å²) in [7, 11) is 0. The fraction of sp³-hybridized carbons (Fsp3) is 0.304. The molecule has 1 heterocycles. The summed E-state index contributed by atoms with van der Waals surface area (Å²) in [6, 6.07) is 11.9. The van der Waals surface area contributed by atoms with Gasteiger partial charge in [-0.15, -0.1) is 0 Å². The largest absolute Gasteiger partial charge is 0.466 e. The number of thiazole rings is 1. The van der Waals surface area contributed by atoms with Crippen LogP contribution in [0, 0.1) is 6.92 Å². The van der Waals surface area contributed by atoms with Crippen molar-refractivity contribution >= 4 is 50.3 Å². The van der Waals surface area contributed by atoms with Crippen LogP contribution in [-0.4, -0.2) is 29.5 Å². The van der Waals surface area contributed by atoms with Gasteiger partial charge in [-0.1, -0.05) is 48.6 Å². The van der Waals surface area contributed by atoms with Gasteiger partial charge in [0.15, 0.2) is 5.13 Å². The first-order valence-electron chi connectivity index (χ1n) is 10.4. The molecule has 3 aromatic rings. The average Bonchev–Trinajstić information content (AvgIpc) is 3.16. The molecular formula is C23H26N4O4S. The Hall–Kier alpha value is -3.46. The van der Waals surface area contributed by atoms with E-state index in [-0.39, 0.29) is 24.9 Å². The molecule has 0 aliphatic heterocycles. The molecule has 0 spiro atoms. The zero-order chi connectivity index (χ0) is 23.1. The molecule has 0 aliphatic carbocycles. The number of hydrogen-bond donors (Lipinski definition) is 3. The van der Waals surface area contributed by atoms with Crippen LogP contribution in [0.5, 0.6) is 0 Å². The normalized spacial score (nSPS) is 11.6. The summed E-state index contributed by atoms with van der Waals surface area (Å²) in [4.78, 5) is 40.9. The molecule has 3 N–H and O–H groups in total. The van der Waals surface area contributed by atoms with Crippen molar-refractivity contribution in [2.45, 2.75) is 39.7 Å². The monoisotopic (exact) mass is 454 g/mol. The van der Waals surface area contributed by atoms with E-state index in [9.17, 15) is 14.4 Å². The van der Waals surface area contributed by atoms with Crippen LogP contribution in [-0.2, 0) is 14.3 Å². The van der Waals surface area contributed by atoms with Gasteiger partial charge >= 0.3 is 12.0 Å². The molecule has 0 fully saturated rings. The fourth-order valence-corrected chi connectivity index (χ4v) is 4.18. The molecule has 3 rings (SSSR count). The number of rotatable bonds is 8. The van der Waals surface area contributed by atoms with Crippen molar-refractivity contribution in [3.8, 4) is 0 Å². The fourth-order valence-electron chi connectivity index (χ4n) is 3.18. The number of hydrogen-bond acceptors (Lipinski definition) is 6. The summed E-state index contributed by atoms with van der Waals surface area (Å²) in [5.74, 6) is -0.488. The topological polar surface area (TPSA) is 109 Å². The number of esters is 1. The highest BCUT2D eigenvalue weighted by Gasteiger charge is 2.19. The second-order valence-electron chi connectivity index (χ2n) is 7.13. The standard InChI is InChI=1S/C23H26N4O4S/c1-4-19(28)26-23-27-21-14(3)11-16(12-18(21)32-23)24-22(30)25-17(13-20(29)31-5-2)15-9-7-6-8-10-15/h6-12,17H,4-5,13H2,1-3H3,(H2,24,25,30)(H,26,27,28)/t17-/m0/s1. The third-order valence-corrected chi connectivity index (χ3v) is 5.61. The van der Waals surface area contributed by atoms with E-state index in [0.29, 0.717) is 17.2 Å². The summed E-state index contributed by atoms with van der Waals surface area (Å²) < 4.78 is 5.89. The third kappa shape index (κ3) is 6.04. The lowest BCUT2D eigenvalue weighted by molar-refractivity contribution is -0.143. The Morgan fingerprint density at radius 1 is 1.09 bits per heavy atom. The smallest absolute Gasteiger partial charge is 0.319 e. The lowest BCUT2D eigenvalue weighted by Gasteiger charge is -2.19. The van der Waals surface area contributed by atoms with Crippen LogP contribution in [0.1, 0.15) is 43.9 Å². The number of amides is 3. The first kappa shape index (κ1) is 23.2. The minimum Gasteiger partial charge on any atom is -0.466 e. The minimum absolute atomic E-state index is 0.0265. The number of nitrogens with one attached hydrogen (secondary N) is 3. The average molecular weight is 455 g/mol. The van der Waals surface area contributed by atoms with E-state index in [0.717, 1.165) is 21.3 Å². The van der Waals surface area contributed by atoms with E-state index >= 15 is 0 Å². The quantitative estimate of drug-likeness (QED) is 0.425. The van der Waals surface area contributed by atoms with Crippen LogP contribution < -0.4 is 16.0 Å². The van der Waals surface area contributed by atoms with Gasteiger partial charge in [-0.2, -0.15) is 0 Å². The van der Waals surface area contributed by atoms with Crippen molar-refractivity contribution in [3.05, 3.63) is 53.6 Å². The Labute approximate surface area is 190 Å². The molecule has 2 aromatic carbocycles. The predicted molar refractivity (Wildman–Crippen MR) is 126 cm³/mol. The maximum Gasteiger partial charge on any atom is 0.319 e. The molecule has 0 unspecified atom stereocenters. The molecule has 1 aromatic heterocycles. The molecule has 168 valence electrons. The highest BCUT2D eigenvalue weighted by Crippen LogP contribution is 2.31. The molecule has 1 atom stereocenters. The summed E-state index contributed by atoms with van der Waals surface area (Å²) in [6.45, 7) is 5.69. The SMILES string of the molecule is CCOC(=O)C[C@H](NC(=O)Nc1cc(C)c2nc(NC(=O)CC)sc2c1)c1ccccc1. The number of anilines is 2. The number of ether oxygens (including phenoxy) is 1. The van der Waals surface area contributed by atoms with Gasteiger partial charge in [0, 0.05) is 12.1 Å². The molecular weight excluding hydrogens is 428 g/mol. The van der Waals surface area contributed by atoms with Crippen molar-refractivity contribution < 1.29 is 19.1 Å². The second-order valence-corrected chi connectivity index (χ2v) is 8.16. The molecule has 0 bridgehead atoms. The first-order chi connectivity index (χ1) is 15.4. The number of benzene rings is 2. The summed E-state index contributed by atoms with van der Waals surface area (Å²) >= 11 is 1.35. The third-order valence-electron chi connectivity index (χ3n) is 4.69. The first-order valence-corrected chi connectivity index (χ1v) is 11.2. The maximum absolute atomic E-state index is 12.7. The Morgan fingerprint density at radius 2 is 1.84 bits per heavy atom. The zero-order valence-corrected chi connectivity index (χ0v) is 19.0. The molecule has 32 heavy (non-hydrogen) atoms. The van der Waals surface area contributed by atoms with Gasteiger partial charge in [0.25, 0.3) is 0 Å². The highest BCUT2D eigenvalue weighted by atomic mass is 32.1. The van der Waals surface area contributed by atoms with E-state index < -0.39 is 12.1 Å². The molecule has 8 nitrogen and oxygen atoms in total. The van der Waals surface area contributed by atoms with E-state index in [2.05, 4.69) is 20.9 Å². The molecule has 3 amide bonds. The number of aryl methyl sites for hydroxylation is 1. The number of carbonyl (C=O) groups is 3. The number of aromatic nitrogens is 1. The van der Waals surface area contributed by atoms with Crippen molar-refractivity contribution in [1.29, 1.82) is 0 Å². The van der Waals surface area contributed by atoms with E-state index in [4.69, 9.17) is 4.74 Å². The predicted octanol–water partition coefficient (Wildman–Crippen LogP) is 4.77.